The summed E-state index contributed by atoms with van der Waals surface area (Å²) in [6, 6.07) is 5.79. The fraction of sp³-hybridized carbons (Fsp3) is 0.487. The van der Waals surface area contributed by atoms with Crippen LogP contribution in [-0.2, 0) is 20.7 Å². The average Bonchev–Trinajstić information content (AvgIpc) is 3.81. The first-order valence-corrected chi connectivity index (χ1v) is 17.9. The van der Waals surface area contributed by atoms with Gasteiger partial charge in [0.25, 0.3) is 5.91 Å². The number of esters is 1. The number of hydrogen-bond acceptors (Lipinski definition) is 9. The lowest BCUT2D eigenvalue weighted by Crippen LogP contribution is -2.34. The average molecular weight is 715 g/mol. The number of aliphatic hydroxyl groups is 2. The van der Waals surface area contributed by atoms with Crippen LogP contribution in [-0.4, -0.2) is 87.1 Å². The highest BCUT2D eigenvalue weighted by molar-refractivity contribution is 6.06. The van der Waals surface area contributed by atoms with Crippen LogP contribution in [0.25, 0.3) is 22.1 Å². The van der Waals surface area contributed by atoms with E-state index in [2.05, 4.69) is 34.4 Å². The minimum absolute atomic E-state index is 0.0266. The van der Waals surface area contributed by atoms with Crippen LogP contribution in [0, 0.1) is 13.8 Å². The summed E-state index contributed by atoms with van der Waals surface area (Å²) in [5.74, 6) is -1.78. The predicted octanol–water partition coefficient (Wildman–Crippen LogP) is 4.64. The molecular weight excluding hydrogens is 664 g/mol. The van der Waals surface area contributed by atoms with E-state index in [4.69, 9.17) is 14.7 Å². The van der Waals surface area contributed by atoms with Gasteiger partial charge in [-0.2, -0.15) is 0 Å². The topological polar surface area (TPSA) is 199 Å². The number of ketones is 1. The molecule has 0 saturated carbocycles. The fourth-order valence-electron chi connectivity index (χ4n) is 7.62. The van der Waals surface area contributed by atoms with Crippen molar-refractivity contribution in [2.45, 2.75) is 97.0 Å². The first kappa shape index (κ1) is 38.4. The van der Waals surface area contributed by atoms with Crippen LogP contribution in [0.5, 0.6) is 0 Å². The highest BCUT2D eigenvalue weighted by atomic mass is 16.5. The molecule has 278 valence electrons. The van der Waals surface area contributed by atoms with Crippen molar-refractivity contribution in [3.8, 4) is 0 Å². The van der Waals surface area contributed by atoms with Crippen molar-refractivity contribution in [1.29, 1.82) is 0 Å². The number of amides is 2. The van der Waals surface area contributed by atoms with Gasteiger partial charge in [-0.05, 0) is 62.9 Å². The number of Topliss-reactive ketones (excluding diaryl/α,β-unsaturated/α-hetero) is 1. The van der Waals surface area contributed by atoms with Crippen molar-refractivity contribution in [1.82, 2.24) is 30.6 Å². The molecule has 8 bridgehead atoms. The summed E-state index contributed by atoms with van der Waals surface area (Å²) < 4.78 is 5.16. The maximum absolute atomic E-state index is 14.0. The number of H-pyrrole nitrogens is 2. The maximum atomic E-state index is 14.0. The van der Waals surface area contributed by atoms with E-state index in [0.717, 1.165) is 23.4 Å². The summed E-state index contributed by atoms with van der Waals surface area (Å²) in [4.78, 5) is 70.0. The molecule has 0 radical (unpaired) electrons. The lowest BCUT2D eigenvalue weighted by molar-refractivity contribution is -0.139. The second-order valence-corrected chi connectivity index (χ2v) is 13.9. The van der Waals surface area contributed by atoms with Crippen molar-refractivity contribution in [3.63, 3.8) is 0 Å². The number of methoxy groups -OCH3 is 1. The Morgan fingerprint density at radius 1 is 0.923 bits per heavy atom. The molecule has 5 rings (SSSR count). The number of aromatic amines is 2. The fourth-order valence-corrected chi connectivity index (χ4v) is 7.62. The largest absolute Gasteiger partial charge is 0.469 e. The smallest absolute Gasteiger partial charge is 0.310 e. The number of ether oxygens (including phenoxy) is 1. The zero-order valence-corrected chi connectivity index (χ0v) is 31.2. The van der Waals surface area contributed by atoms with Gasteiger partial charge >= 0.3 is 5.97 Å². The molecular formula is C39H50N6O7. The lowest BCUT2D eigenvalue weighted by atomic mass is 9.85. The molecule has 0 saturated heterocycles. The number of carbonyl (C=O) groups excluding carboxylic acids is 4. The molecule has 5 heterocycles. The number of aryl methyl sites for hydroxylation is 2. The Balaban J connectivity index is 1.99. The first-order valence-electron chi connectivity index (χ1n) is 17.9. The molecule has 13 heteroatoms. The van der Waals surface area contributed by atoms with E-state index >= 15 is 0 Å². The molecule has 3 unspecified atom stereocenters. The van der Waals surface area contributed by atoms with E-state index < -0.39 is 24.6 Å². The van der Waals surface area contributed by atoms with E-state index in [1.165, 1.54) is 7.11 Å². The quantitative estimate of drug-likeness (QED) is 0.121. The van der Waals surface area contributed by atoms with E-state index in [1.54, 1.807) is 20.9 Å². The summed E-state index contributed by atoms with van der Waals surface area (Å²) in [7, 11) is 2.87. The second kappa shape index (κ2) is 15.8. The van der Waals surface area contributed by atoms with E-state index in [1.807, 2.05) is 32.0 Å². The van der Waals surface area contributed by atoms with E-state index in [0.29, 0.717) is 56.6 Å². The van der Waals surface area contributed by atoms with Gasteiger partial charge in [0.15, 0.2) is 5.78 Å². The lowest BCUT2D eigenvalue weighted by Gasteiger charge is -2.18. The second-order valence-electron chi connectivity index (χ2n) is 13.9. The van der Waals surface area contributed by atoms with Crippen LogP contribution in [0.3, 0.4) is 0 Å². The molecule has 2 amide bonds. The standard InChI is InChI=1S/C39H50N6O7/c1-9-24-18(2)27-15-32-35(22(6)47)20(4)29(43-32)13-28-19(3)25(10-11-33(49)40-7)37(44-28)26(12-34(50)52-8)38-36(39(51)41-16-23(48)17-46)21(5)30(45-38)14-31(24)42-27/h13-15,18-19,23-25,43,45-46,48H,9-12,16-17H2,1-8H3,(H,40,49)(H,41,51)/t18?,19?,23?,24-,25+/m1/s1. The summed E-state index contributed by atoms with van der Waals surface area (Å²) in [5.41, 5.74) is 7.80. The highest BCUT2D eigenvalue weighted by Crippen LogP contribution is 2.43. The van der Waals surface area contributed by atoms with Gasteiger partial charge in [0.1, 0.15) is 0 Å². The predicted molar refractivity (Wildman–Crippen MR) is 198 cm³/mol. The highest BCUT2D eigenvalue weighted by Gasteiger charge is 2.34. The molecule has 3 aromatic rings. The van der Waals surface area contributed by atoms with Gasteiger partial charge < -0.3 is 35.6 Å². The first-order chi connectivity index (χ1) is 24.7. The van der Waals surface area contributed by atoms with Gasteiger partial charge in [0.2, 0.25) is 5.91 Å². The van der Waals surface area contributed by atoms with Crippen LogP contribution in [0.2, 0.25) is 0 Å². The van der Waals surface area contributed by atoms with Crippen molar-refractivity contribution in [2.75, 3.05) is 27.3 Å². The molecule has 3 aromatic heterocycles. The van der Waals surface area contributed by atoms with Crippen molar-refractivity contribution < 1.29 is 34.1 Å². The van der Waals surface area contributed by atoms with Crippen LogP contribution in [0.4, 0.5) is 0 Å². The maximum Gasteiger partial charge on any atom is 0.310 e. The zero-order chi connectivity index (χ0) is 38.0. The van der Waals surface area contributed by atoms with E-state index in [-0.39, 0.29) is 60.3 Å². The van der Waals surface area contributed by atoms with E-state index in [9.17, 15) is 29.4 Å². The van der Waals surface area contributed by atoms with Gasteiger partial charge in [-0.15, -0.1) is 0 Å². The molecule has 6 N–H and O–H groups in total. The molecule has 2 aliphatic heterocycles. The Kier molecular flexibility index (Phi) is 11.6. The van der Waals surface area contributed by atoms with Gasteiger partial charge in [0.05, 0.1) is 48.5 Å². The number of aromatic nitrogens is 4. The minimum Gasteiger partial charge on any atom is -0.469 e. The van der Waals surface area contributed by atoms with Crippen LogP contribution in [0.15, 0.2) is 18.2 Å². The Morgan fingerprint density at radius 3 is 2.17 bits per heavy atom. The third-order valence-corrected chi connectivity index (χ3v) is 10.7. The number of hydrogen-bond donors (Lipinski definition) is 6. The SMILES string of the molecule is CC[C@H]1c2cc3[nH]c(c(CC(=O)OC)c4nc(cc5[nH]c(cc(n2)C1C)c(C(C)=O)c5C)C(C)[C@@H]4CCC(=O)NC)c(C(=O)NCC(O)CO)c3C. The van der Waals surface area contributed by atoms with Crippen molar-refractivity contribution in [2.24, 2.45) is 0 Å². The molecule has 2 aliphatic rings. The Morgan fingerprint density at radius 2 is 1.54 bits per heavy atom. The van der Waals surface area contributed by atoms with Crippen LogP contribution in [0.1, 0.15) is 131 Å². The summed E-state index contributed by atoms with van der Waals surface area (Å²) >= 11 is 0. The van der Waals surface area contributed by atoms with Crippen molar-refractivity contribution >= 4 is 45.6 Å². The van der Waals surface area contributed by atoms with Crippen LogP contribution < -0.4 is 10.6 Å². The molecule has 13 nitrogen and oxygen atoms in total. The number of fused-ring (bicyclic) bond motifs is 8. The third-order valence-electron chi connectivity index (χ3n) is 10.7. The zero-order valence-electron chi connectivity index (χ0n) is 31.2. The normalized spacial score (nSPS) is 18.9. The van der Waals surface area contributed by atoms with Gasteiger partial charge in [0, 0.05) is 82.9 Å². The minimum atomic E-state index is -1.17. The number of nitrogens with one attached hydrogen (secondary N) is 4. The van der Waals surface area contributed by atoms with Gasteiger partial charge in [-0.3, -0.25) is 29.1 Å². The van der Waals surface area contributed by atoms with Gasteiger partial charge in [-0.1, -0.05) is 20.8 Å². The Labute approximate surface area is 303 Å². The number of carbonyl (C=O) groups is 4. The summed E-state index contributed by atoms with van der Waals surface area (Å²) in [6.07, 6.45) is -0.0139. The molecule has 52 heavy (non-hydrogen) atoms. The molecule has 0 aliphatic carbocycles. The number of rotatable bonds is 11. The molecule has 0 aromatic carbocycles. The van der Waals surface area contributed by atoms with Gasteiger partial charge in [-0.25, -0.2) is 0 Å². The monoisotopic (exact) mass is 714 g/mol. The summed E-state index contributed by atoms with van der Waals surface area (Å²) in [5, 5.41) is 24.9. The molecule has 5 atom stereocenters. The third kappa shape index (κ3) is 7.38. The molecule has 0 spiro atoms. The summed E-state index contributed by atoms with van der Waals surface area (Å²) in [6.45, 7) is 10.7. The Hall–Kier alpha value is -4.88. The Bertz CT molecular complexity index is 2070. The van der Waals surface area contributed by atoms with Crippen LogP contribution >= 0.6 is 0 Å². The molecule has 0 fully saturated rings. The number of nitrogens with zero attached hydrogens (tertiary/aromatic N) is 2. The number of aliphatic hydroxyl groups excluding tert-OH is 2. The van der Waals surface area contributed by atoms with Crippen molar-refractivity contribution in [3.05, 3.63) is 68.8 Å².